The summed E-state index contributed by atoms with van der Waals surface area (Å²) in [5.41, 5.74) is 0. The fourth-order valence-corrected chi connectivity index (χ4v) is 2.08. The smallest absolute Gasteiger partial charge is 0.346 e. The minimum absolute atomic E-state index is 0.00272. The van der Waals surface area contributed by atoms with E-state index in [-0.39, 0.29) is 6.04 Å². The van der Waals surface area contributed by atoms with Crippen LogP contribution < -0.4 is 5.32 Å². The molecule has 0 aliphatic rings. The Morgan fingerprint density at radius 2 is 2.05 bits per heavy atom. The number of alkyl halides is 3. The molecule has 0 fully saturated rings. The molecule has 1 aromatic rings. The Hall–Kier alpha value is -1.32. The fourth-order valence-electron chi connectivity index (χ4n) is 1.13. The average Bonchev–Trinajstić information content (AvgIpc) is 2.72. The third-order valence-corrected chi connectivity index (χ3v) is 3.11. The highest BCUT2D eigenvalue weighted by molar-refractivity contribution is 8.00. The number of amides is 1. The zero-order valence-corrected chi connectivity index (χ0v) is 11.4. The van der Waals surface area contributed by atoms with Crippen LogP contribution in [0.2, 0.25) is 0 Å². The summed E-state index contributed by atoms with van der Waals surface area (Å²) >= 11 is 1.01. The summed E-state index contributed by atoms with van der Waals surface area (Å²) in [5.74, 6) is -0.708. The van der Waals surface area contributed by atoms with Crippen LogP contribution >= 0.6 is 11.8 Å². The SMILES string of the molecule is CC(Sc1nnnn1C(C)C)C(=O)NCC(F)(F)F. The molecule has 10 heteroatoms. The van der Waals surface area contributed by atoms with Gasteiger partial charge in [-0.2, -0.15) is 13.2 Å². The van der Waals surface area contributed by atoms with Crippen molar-refractivity contribution >= 4 is 17.7 Å². The molecule has 6 nitrogen and oxygen atoms in total. The number of carbonyl (C=O) groups is 1. The third kappa shape index (κ3) is 5.05. The maximum atomic E-state index is 12.0. The summed E-state index contributed by atoms with van der Waals surface area (Å²) in [5, 5.41) is 12.4. The quantitative estimate of drug-likeness (QED) is 0.832. The van der Waals surface area contributed by atoms with Crippen LogP contribution in [0.1, 0.15) is 26.8 Å². The van der Waals surface area contributed by atoms with Gasteiger partial charge < -0.3 is 5.32 Å². The first kappa shape index (κ1) is 15.7. The second-order valence-corrected chi connectivity index (χ2v) is 5.40. The topological polar surface area (TPSA) is 72.7 Å². The minimum atomic E-state index is -4.42. The van der Waals surface area contributed by atoms with Crippen molar-refractivity contribution in [2.24, 2.45) is 0 Å². The Bertz CT molecular complexity index is 434. The van der Waals surface area contributed by atoms with Gasteiger partial charge in [-0.25, -0.2) is 4.68 Å². The van der Waals surface area contributed by atoms with E-state index in [0.29, 0.717) is 5.16 Å². The molecule has 1 amide bonds. The molecule has 0 aliphatic carbocycles. The lowest BCUT2D eigenvalue weighted by molar-refractivity contribution is -0.137. The first-order valence-electron chi connectivity index (χ1n) is 5.49. The number of hydrogen-bond donors (Lipinski definition) is 1. The lowest BCUT2D eigenvalue weighted by Gasteiger charge is -2.13. The van der Waals surface area contributed by atoms with E-state index in [4.69, 9.17) is 0 Å². The van der Waals surface area contributed by atoms with Gasteiger partial charge in [0.1, 0.15) is 6.54 Å². The van der Waals surface area contributed by atoms with Gasteiger partial charge in [0.25, 0.3) is 0 Å². The molecule has 0 spiro atoms. The number of halogens is 3. The van der Waals surface area contributed by atoms with Gasteiger partial charge in [-0.15, -0.1) is 5.10 Å². The molecule has 1 heterocycles. The second-order valence-electron chi connectivity index (χ2n) is 4.09. The van der Waals surface area contributed by atoms with Gasteiger partial charge in [-0.3, -0.25) is 4.79 Å². The van der Waals surface area contributed by atoms with Crippen molar-refractivity contribution in [3.8, 4) is 0 Å². The van der Waals surface area contributed by atoms with Crippen LogP contribution in [-0.2, 0) is 4.79 Å². The van der Waals surface area contributed by atoms with E-state index in [1.54, 1.807) is 0 Å². The number of nitrogens with zero attached hydrogens (tertiary/aromatic N) is 4. The van der Waals surface area contributed by atoms with Gasteiger partial charge in [0.05, 0.1) is 11.3 Å². The van der Waals surface area contributed by atoms with E-state index in [9.17, 15) is 18.0 Å². The van der Waals surface area contributed by atoms with Crippen LogP contribution in [0.4, 0.5) is 13.2 Å². The van der Waals surface area contributed by atoms with Crippen LogP contribution in [0.5, 0.6) is 0 Å². The Labute approximate surface area is 112 Å². The van der Waals surface area contributed by atoms with Crippen molar-refractivity contribution in [1.29, 1.82) is 0 Å². The monoisotopic (exact) mass is 297 g/mol. The number of thioether (sulfide) groups is 1. The maximum absolute atomic E-state index is 12.0. The fraction of sp³-hybridized carbons (Fsp3) is 0.778. The van der Waals surface area contributed by atoms with Crippen molar-refractivity contribution in [2.75, 3.05) is 6.54 Å². The number of tetrazole rings is 1. The number of nitrogens with one attached hydrogen (secondary N) is 1. The average molecular weight is 297 g/mol. The first-order valence-corrected chi connectivity index (χ1v) is 6.37. The Balaban J connectivity index is 2.57. The third-order valence-electron chi connectivity index (χ3n) is 2.07. The molecule has 108 valence electrons. The van der Waals surface area contributed by atoms with E-state index in [1.807, 2.05) is 19.2 Å². The highest BCUT2D eigenvalue weighted by Crippen LogP contribution is 2.22. The predicted molar refractivity (Wildman–Crippen MR) is 62.6 cm³/mol. The van der Waals surface area contributed by atoms with Crippen LogP contribution in [0.3, 0.4) is 0 Å². The Morgan fingerprint density at radius 3 is 2.58 bits per heavy atom. The summed E-state index contributed by atoms with van der Waals surface area (Å²) in [7, 11) is 0. The molecule has 0 saturated carbocycles. The van der Waals surface area contributed by atoms with Crippen LogP contribution in [-0.4, -0.2) is 44.1 Å². The molecule has 0 bridgehead atoms. The molecular weight excluding hydrogens is 283 g/mol. The summed E-state index contributed by atoms with van der Waals surface area (Å²) in [4.78, 5) is 11.5. The molecule has 1 unspecified atom stereocenters. The zero-order chi connectivity index (χ0) is 14.6. The summed E-state index contributed by atoms with van der Waals surface area (Å²) in [6.45, 7) is 3.87. The standard InChI is InChI=1S/C9H14F3N5OS/c1-5(2)17-8(14-15-16-17)19-6(3)7(18)13-4-9(10,11)12/h5-6H,4H2,1-3H3,(H,13,18). The van der Waals surface area contributed by atoms with Crippen molar-refractivity contribution in [3.63, 3.8) is 0 Å². The molecule has 1 atom stereocenters. The lowest BCUT2D eigenvalue weighted by Crippen LogP contribution is -2.38. The number of carbonyl (C=O) groups excluding carboxylic acids is 1. The molecule has 1 rings (SSSR count). The van der Waals surface area contributed by atoms with E-state index in [2.05, 4.69) is 15.5 Å². The summed E-state index contributed by atoms with van der Waals surface area (Å²) < 4.78 is 37.4. The van der Waals surface area contributed by atoms with Crippen molar-refractivity contribution in [2.45, 2.75) is 43.4 Å². The molecular formula is C9H14F3N5OS. The highest BCUT2D eigenvalue weighted by atomic mass is 32.2. The maximum Gasteiger partial charge on any atom is 0.405 e. The van der Waals surface area contributed by atoms with Gasteiger partial charge in [-0.05, 0) is 31.2 Å². The molecule has 19 heavy (non-hydrogen) atoms. The van der Waals surface area contributed by atoms with Gasteiger partial charge in [-0.1, -0.05) is 11.8 Å². The Kier molecular flexibility index (Phi) is 5.15. The largest absolute Gasteiger partial charge is 0.405 e. The van der Waals surface area contributed by atoms with Gasteiger partial charge in [0.2, 0.25) is 11.1 Å². The van der Waals surface area contributed by atoms with Crippen molar-refractivity contribution < 1.29 is 18.0 Å². The van der Waals surface area contributed by atoms with Gasteiger partial charge >= 0.3 is 6.18 Å². The lowest BCUT2D eigenvalue weighted by atomic mass is 10.4. The van der Waals surface area contributed by atoms with Gasteiger partial charge in [0, 0.05) is 0 Å². The molecule has 1 aromatic heterocycles. The van der Waals surface area contributed by atoms with Crippen molar-refractivity contribution in [3.05, 3.63) is 0 Å². The van der Waals surface area contributed by atoms with Crippen LogP contribution in [0.25, 0.3) is 0 Å². The van der Waals surface area contributed by atoms with Crippen LogP contribution in [0.15, 0.2) is 5.16 Å². The second kappa shape index (κ2) is 6.22. The normalized spacial score (nSPS) is 13.6. The van der Waals surface area contributed by atoms with E-state index >= 15 is 0 Å². The highest BCUT2D eigenvalue weighted by Gasteiger charge is 2.29. The molecule has 0 radical (unpaired) electrons. The molecule has 0 aliphatic heterocycles. The Morgan fingerprint density at radius 1 is 1.42 bits per heavy atom. The van der Waals surface area contributed by atoms with Gasteiger partial charge in [0.15, 0.2) is 0 Å². The van der Waals surface area contributed by atoms with E-state index in [1.165, 1.54) is 11.6 Å². The molecule has 1 N–H and O–H groups in total. The molecule has 0 aromatic carbocycles. The molecule has 0 saturated heterocycles. The summed E-state index contributed by atoms with van der Waals surface area (Å²) in [6.07, 6.45) is -4.42. The predicted octanol–water partition coefficient (Wildman–Crippen LogP) is 1.41. The minimum Gasteiger partial charge on any atom is -0.346 e. The van der Waals surface area contributed by atoms with Crippen LogP contribution in [0, 0.1) is 0 Å². The van der Waals surface area contributed by atoms with E-state index in [0.717, 1.165) is 11.8 Å². The summed E-state index contributed by atoms with van der Waals surface area (Å²) in [6, 6.07) is 0.00272. The first-order chi connectivity index (χ1) is 8.70. The zero-order valence-electron chi connectivity index (χ0n) is 10.6. The number of hydrogen-bond acceptors (Lipinski definition) is 5. The van der Waals surface area contributed by atoms with Crippen molar-refractivity contribution in [1.82, 2.24) is 25.5 Å². The number of aromatic nitrogens is 4. The number of rotatable bonds is 5. The van der Waals surface area contributed by atoms with E-state index < -0.39 is 23.9 Å².